The van der Waals surface area contributed by atoms with Gasteiger partial charge in [-0.15, -0.1) is 0 Å². The van der Waals surface area contributed by atoms with Crippen molar-refractivity contribution in [1.82, 2.24) is 9.47 Å². The van der Waals surface area contributed by atoms with Crippen molar-refractivity contribution in [3.8, 4) is 11.3 Å². The van der Waals surface area contributed by atoms with Gasteiger partial charge in [-0.3, -0.25) is 4.79 Å². The summed E-state index contributed by atoms with van der Waals surface area (Å²) in [6.45, 7) is 0.487. The summed E-state index contributed by atoms with van der Waals surface area (Å²) in [7, 11) is 3.68. The number of aliphatic hydroxyl groups excluding tert-OH is 1. The zero-order valence-electron chi connectivity index (χ0n) is 15.2. The van der Waals surface area contributed by atoms with Crippen molar-refractivity contribution in [2.45, 2.75) is 12.5 Å². The zero-order chi connectivity index (χ0) is 18.5. The van der Waals surface area contributed by atoms with Crippen LogP contribution in [0.2, 0.25) is 0 Å². The predicted molar refractivity (Wildman–Crippen MR) is 104 cm³/mol. The third kappa shape index (κ3) is 3.86. The number of rotatable bonds is 6. The third-order valence-corrected chi connectivity index (χ3v) is 4.68. The van der Waals surface area contributed by atoms with Gasteiger partial charge in [-0.2, -0.15) is 0 Å². The van der Waals surface area contributed by atoms with Crippen molar-refractivity contribution in [2.75, 3.05) is 13.6 Å². The van der Waals surface area contributed by atoms with Crippen LogP contribution < -0.4 is 0 Å². The number of carbonyl (C=O) groups is 1. The SMILES string of the molecule is CN(CC[C@H](O)c1ccccc1)C(=O)c1ccc(-c2ccccc2)n1C. The van der Waals surface area contributed by atoms with Gasteiger partial charge in [-0.1, -0.05) is 60.7 Å². The number of hydrogen-bond donors (Lipinski definition) is 1. The van der Waals surface area contributed by atoms with Crippen LogP contribution in [-0.2, 0) is 7.05 Å². The largest absolute Gasteiger partial charge is 0.388 e. The van der Waals surface area contributed by atoms with Gasteiger partial charge in [-0.25, -0.2) is 0 Å². The monoisotopic (exact) mass is 348 g/mol. The summed E-state index contributed by atoms with van der Waals surface area (Å²) in [4.78, 5) is 14.4. The van der Waals surface area contributed by atoms with Gasteiger partial charge in [0, 0.05) is 26.3 Å². The van der Waals surface area contributed by atoms with Crippen molar-refractivity contribution in [2.24, 2.45) is 7.05 Å². The van der Waals surface area contributed by atoms with E-state index < -0.39 is 6.10 Å². The first-order chi connectivity index (χ1) is 12.6. The Morgan fingerprint density at radius 1 is 1.00 bits per heavy atom. The highest BCUT2D eigenvalue weighted by Gasteiger charge is 2.18. The number of amides is 1. The van der Waals surface area contributed by atoms with E-state index >= 15 is 0 Å². The fourth-order valence-electron chi connectivity index (χ4n) is 3.08. The molecule has 0 bridgehead atoms. The lowest BCUT2D eigenvalue weighted by atomic mass is 10.1. The number of hydrogen-bond acceptors (Lipinski definition) is 2. The minimum atomic E-state index is -0.570. The van der Waals surface area contributed by atoms with Crippen molar-refractivity contribution in [3.63, 3.8) is 0 Å². The van der Waals surface area contributed by atoms with Gasteiger partial charge in [0.1, 0.15) is 5.69 Å². The molecule has 0 saturated carbocycles. The Labute approximate surface area is 154 Å². The predicted octanol–water partition coefficient (Wildman–Crippen LogP) is 3.89. The van der Waals surface area contributed by atoms with Crippen LogP contribution in [0, 0.1) is 0 Å². The van der Waals surface area contributed by atoms with E-state index in [1.54, 1.807) is 11.9 Å². The number of aliphatic hydroxyl groups is 1. The molecule has 4 heteroatoms. The maximum absolute atomic E-state index is 12.8. The number of nitrogens with zero attached hydrogens (tertiary/aromatic N) is 2. The number of aromatic nitrogens is 1. The quantitative estimate of drug-likeness (QED) is 0.735. The van der Waals surface area contributed by atoms with Crippen LogP contribution in [0.15, 0.2) is 72.8 Å². The van der Waals surface area contributed by atoms with E-state index in [0.717, 1.165) is 16.8 Å². The van der Waals surface area contributed by atoms with Crippen LogP contribution in [-0.4, -0.2) is 34.1 Å². The van der Waals surface area contributed by atoms with E-state index in [1.807, 2.05) is 84.4 Å². The topological polar surface area (TPSA) is 45.5 Å². The summed E-state index contributed by atoms with van der Waals surface area (Å²) in [5.41, 5.74) is 3.60. The van der Waals surface area contributed by atoms with Crippen molar-refractivity contribution in [1.29, 1.82) is 0 Å². The first-order valence-electron chi connectivity index (χ1n) is 8.77. The van der Waals surface area contributed by atoms with E-state index in [-0.39, 0.29) is 5.91 Å². The fraction of sp³-hybridized carbons (Fsp3) is 0.227. The molecule has 1 atom stereocenters. The van der Waals surface area contributed by atoms with E-state index in [2.05, 4.69) is 0 Å². The molecular formula is C22H24N2O2. The second-order valence-corrected chi connectivity index (χ2v) is 6.47. The maximum atomic E-state index is 12.8. The van der Waals surface area contributed by atoms with E-state index in [0.29, 0.717) is 18.7 Å². The second kappa shape index (κ2) is 8.02. The molecule has 0 unspecified atom stereocenters. The Hall–Kier alpha value is -2.85. The highest BCUT2D eigenvalue weighted by atomic mass is 16.3. The Kier molecular flexibility index (Phi) is 5.54. The van der Waals surface area contributed by atoms with Gasteiger partial charge in [0.2, 0.25) is 0 Å². The molecular weight excluding hydrogens is 324 g/mol. The number of benzene rings is 2. The van der Waals surface area contributed by atoms with Gasteiger partial charge in [0.25, 0.3) is 5.91 Å². The highest BCUT2D eigenvalue weighted by Crippen LogP contribution is 2.22. The van der Waals surface area contributed by atoms with Crippen molar-refractivity contribution in [3.05, 3.63) is 84.1 Å². The first-order valence-corrected chi connectivity index (χ1v) is 8.77. The molecule has 1 amide bonds. The second-order valence-electron chi connectivity index (χ2n) is 6.47. The van der Waals surface area contributed by atoms with E-state index in [9.17, 15) is 9.90 Å². The summed E-state index contributed by atoms with van der Waals surface area (Å²) < 4.78 is 1.92. The van der Waals surface area contributed by atoms with Crippen molar-refractivity contribution < 1.29 is 9.90 Å². The molecule has 26 heavy (non-hydrogen) atoms. The standard InChI is InChI=1S/C22H24N2O2/c1-23(16-15-21(25)18-11-7-4-8-12-18)22(26)20-14-13-19(24(20)2)17-9-5-3-6-10-17/h3-14,21,25H,15-16H2,1-2H3/t21-/m0/s1. The van der Waals surface area contributed by atoms with Gasteiger partial charge in [0.05, 0.1) is 6.10 Å². The summed E-state index contributed by atoms with van der Waals surface area (Å²) in [5, 5.41) is 10.3. The van der Waals surface area contributed by atoms with Gasteiger partial charge < -0.3 is 14.6 Å². The molecule has 1 heterocycles. The lowest BCUT2D eigenvalue weighted by Crippen LogP contribution is -2.30. The lowest BCUT2D eigenvalue weighted by Gasteiger charge is -2.20. The molecule has 0 aliphatic rings. The average molecular weight is 348 g/mol. The molecule has 2 aromatic carbocycles. The Morgan fingerprint density at radius 2 is 1.62 bits per heavy atom. The lowest BCUT2D eigenvalue weighted by molar-refractivity contribution is 0.0752. The summed E-state index contributed by atoms with van der Waals surface area (Å²) in [5.74, 6) is -0.0463. The van der Waals surface area contributed by atoms with Crippen LogP contribution in [0.3, 0.4) is 0 Å². The fourth-order valence-corrected chi connectivity index (χ4v) is 3.08. The first kappa shape index (κ1) is 18.0. The Morgan fingerprint density at radius 3 is 2.27 bits per heavy atom. The molecule has 0 spiro atoms. The maximum Gasteiger partial charge on any atom is 0.270 e. The molecule has 4 nitrogen and oxygen atoms in total. The van der Waals surface area contributed by atoms with Crippen LogP contribution in [0.1, 0.15) is 28.6 Å². The van der Waals surface area contributed by atoms with Crippen LogP contribution in [0.4, 0.5) is 0 Å². The molecule has 3 rings (SSSR count). The minimum absolute atomic E-state index is 0.0463. The molecule has 134 valence electrons. The van der Waals surface area contributed by atoms with E-state index in [1.165, 1.54) is 0 Å². The molecule has 0 radical (unpaired) electrons. The highest BCUT2D eigenvalue weighted by molar-refractivity contribution is 5.93. The zero-order valence-corrected chi connectivity index (χ0v) is 15.2. The van der Waals surface area contributed by atoms with Crippen LogP contribution in [0.5, 0.6) is 0 Å². The molecule has 0 aliphatic carbocycles. The molecule has 1 aromatic heterocycles. The molecule has 3 aromatic rings. The average Bonchev–Trinajstić information content (AvgIpc) is 3.08. The normalized spacial score (nSPS) is 12.0. The summed E-state index contributed by atoms with van der Waals surface area (Å²) in [6.07, 6.45) is -0.0675. The molecule has 0 saturated heterocycles. The number of carbonyl (C=O) groups excluding carboxylic acids is 1. The summed E-state index contributed by atoms with van der Waals surface area (Å²) >= 11 is 0. The van der Waals surface area contributed by atoms with E-state index in [4.69, 9.17) is 0 Å². The van der Waals surface area contributed by atoms with Crippen LogP contribution in [0.25, 0.3) is 11.3 Å². The molecule has 0 aliphatic heterocycles. The van der Waals surface area contributed by atoms with Crippen LogP contribution >= 0.6 is 0 Å². The Bertz CT molecular complexity index is 856. The molecule has 0 fully saturated rings. The van der Waals surface area contributed by atoms with Gasteiger partial charge in [-0.05, 0) is 29.7 Å². The van der Waals surface area contributed by atoms with Gasteiger partial charge in [0.15, 0.2) is 0 Å². The third-order valence-electron chi connectivity index (χ3n) is 4.68. The summed E-state index contributed by atoms with van der Waals surface area (Å²) in [6, 6.07) is 23.4. The Balaban J connectivity index is 1.67. The minimum Gasteiger partial charge on any atom is -0.388 e. The smallest absolute Gasteiger partial charge is 0.270 e. The van der Waals surface area contributed by atoms with Gasteiger partial charge >= 0.3 is 0 Å². The molecule has 1 N–H and O–H groups in total. The van der Waals surface area contributed by atoms with Crippen molar-refractivity contribution >= 4 is 5.91 Å².